The molecule has 308 valence electrons. The van der Waals surface area contributed by atoms with Crippen LogP contribution in [0.25, 0.3) is 0 Å². The third kappa shape index (κ3) is 35.6. The van der Waals surface area contributed by atoms with E-state index in [0.717, 1.165) is 57.8 Å². The van der Waals surface area contributed by atoms with Gasteiger partial charge in [0, 0.05) is 6.42 Å². The molecule has 0 saturated heterocycles. The second kappa shape index (κ2) is 40.8. The van der Waals surface area contributed by atoms with E-state index in [0.29, 0.717) is 19.3 Å². The Kier molecular flexibility index (Phi) is 39.7. The van der Waals surface area contributed by atoms with Gasteiger partial charge >= 0.3 is 5.97 Å². The Hall–Kier alpha value is -1.40. The number of amides is 1. The fourth-order valence-electron chi connectivity index (χ4n) is 7.07. The highest BCUT2D eigenvalue weighted by molar-refractivity contribution is 5.77. The molecule has 3 atom stereocenters. The van der Waals surface area contributed by atoms with Crippen LogP contribution in [0, 0.1) is 0 Å². The summed E-state index contributed by atoms with van der Waals surface area (Å²) in [6.07, 6.45) is 42.7. The number of ether oxygens (including phenoxy) is 1. The van der Waals surface area contributed by atoms with Gasteiger partial charge in [-0.3, -0.25) is 9.59 Å². The van der Waals surface area contributed by atoms with Crippen molar-refractivity contribution >= 4 is 11.9 Å². The minimum atomic E-state index is -0.781. The van der Waals surface area contributed by atoms with E-state index < -0.39 is 18.2 Å². The summed E-state index contributed by atoms with van der Waals surface area (Å²) >= 11 is 0. The summed E-state index contributed by atoms with van der Waals surface area (Å²) in [5.41, 5.74) is 0. The molecule has 3 unspecified atom stereocenters. The molecular weight excluding hydrogens is 647 g/mol. The minimum Gasteiger partial charge on any atom is -0.462 e. The van der Waals surface area contributed by atoms with Gasteiger partial charge in [-0.05, 0) is 51.4 Å². The number of carbonyl (C=O) groups is 2. The fourth-order valence-corrected chi connectivity index (χ4v) is 7.07. The van der Waals surface area contributed by atoms with Crippen LogP contribution in [0.1, 0.15) is 245 Å². The van der Waals surface area contributed by atoms with Crippen molar-refractivity contribution in [3.05, 3.63) is 12.2 Å². The molecule has 0 aromatic carbocycles. The normalized spacial score (nSPS) is 13.4. The fraction of sp³-hybridized carbons (Fsp3) is 0.913. The third-order valence-electron chi connectivity index (χ3n) is 10.6. The van der Waals surface area contributed by atoms with E-state index in [1.165, 1.54) is 141 Å². The number of unbranched alkanes of at least 4 members (excludes halogenated alkanes) is 27. The van der Waals surface area contributed by atoms with Crippen molar-refractivity contribution in [2.75, 3.05) is 6.61 Å². The number of rotatable bonds is 41. The van der Waals surface area contributed by atoms with E-state index >= 15 is 0 Å². The number of aliphatic hydroxyl groups is 2. The van der Waals surface area contributed by atoms with Crippen LogP contribution in [0.3, 0.4) is 0 Å². The molecule has 0 radical (unpaired) electrons. The van der Waals surface area contributed by atoms with E-state index in [9.17, 15) is 19.8 Å². The molecule has 0 aromatic rings. The van der Waals surface area contributed by atoms with Crippen molar-refractivity contribution in [3.63, 3.8) is 0 Å². The van der Waals surface area contributed by atoms with Gasteiger partial charge in [0.25, 0.3) is 0 Å². The van der Waals surface area contributed by atoms with Gasteiger partial charge in [0.15, 0.2) is 0 Å². The zero-order chi connectivity index (χ0) is 38.2. The summed E-state index contributed by atoms with van der Waals surface area (Å²) in [6.45, 7) is 6.44. The first-order valence-electron chi connectivity index (χ1n) is 22.9. The molecule has 0 aliphatic carbocycles. The van der Waals surface area contributed by atoms with Crippen molar-refractivity contribution < 1.29 is 24.5 Å². The molecule has 0 saturated carbocycles. The number of esters is 1. The number of allylic oxidation sites excluding steroid dienone is 2. The van der Waals surface area contributed by atoms with Gasteiger partial charge in [0.1, 0.15) is 6.10 Å². The Labute approximate surface area is 323 Å². The predicted molar refractivity (Wildman–Crippen MR) is 223 cm³/mol. The zero-order valence-corrected chi connectivity index (χ0v) is 35.0. The molecule has 6 heteroatoms. The lowest BCUT2D eigenvalue weighted by atomic mass is 10.0. The SMILES string of the molecule is CCCCCC/C=C\CCCCCCCC(CC(=O)NC(CO)C(O)CCCCCCCCCCCCC)OC(=O)CCCCCCCCCCC. The summed E-state index contributed by atoms with van der Waals surface area (Å²) in [5, 5.41) is 23.6. The Balaban J connectivity index is 4.57. The standard InChI is InChI=1S/C46H89NO5/c1-4-7-10-13-16-19-21-22-24-26-28-31-34-37-42(52-46(51)39-36-33-30-25-18-15-12-9-6-3)40-45(50)47-43(41-48)44(49)38-35-32-29-27-23-20-17-14-11-8-5-2/h19,21,42-44,48-49H,4-18,20,22-41H2,1-3H3,(H,47,50)/b21-19-. The molecule has 0 rings (SSSR count). The number of carbonyl (C=O) groups excluding carboxylic acids is 2. The molecule has 0 spiro atoms. The summed E-state index contributed by atoms with van der Waals surface area (Å²) < 4.78 is 5.89. The first-order chi connectivity index (χ1) is 25.5. The largest absolute Gasteiger partial charge is 0.462 e. The van der Waals surface area contributed by atoms with Crippen LogP contribution in [0.15, 0.2) is 12.2 Å². The van der Waals surface area contributed by atoms with Crippen molar-refractivity contribution in [3.8, 4) is 0 Å². The molecule has 52 heavy (non-hydrogen) atoms. The van der Waals surface area contributed by atoms with E-state index in [2.05, 4.69) is 38.2 Å². The van der Waals surface area contributed by atoms with Crippen LogP contribution < -0.4 is 5.32 Å². The van der Waals surface area contributed by atoms with Crippen molar-refractivity contribution in [2.24, 2.45) is 0 Å². The molecule has 0 aliphatic heterocycles. The number of hydrogen-bond acceptors (Lipinski definition) is 5. The third-order valence-corrected chi connectivity index (χ3v) is 10.6. The maximum atomic E-state index is 13.1. The molecule has 0 aromatic heterocycles. The van der Waals surface area contributed by atoms with Gasteiger partial charge in [-0.1, -0.05) is 193 Å². The van der Waals surface area contributed by atoms with Crippen molar-refractivity contribution in [1.82, 2.24) is 5.32 Å². The second-order valence-electron chi connectivity index (χ2n) is 15.8. The molecule has 3 N–H and O–H groups in total. The van der Waals surface area contributed by atoms with Crippen LogP contribution in [0.4, 0.5) is 0 Å². The smallest absolute Gasteiger partial charge is 0.306 e. The first-order valence-corrected chi connectivity index (χ1v) is 22.9. The maximum absolute atomic E-state index is 13.1. The molecule has 0 bridgehead atoms. The highest BCUT2D eigenvalue weighted by Gasteiger charge is 2.24. The topological polar surface area (TPSA) is 95.9 Å². The summed E-state index contributed by atoms with van der Waals surface area (Å²) in [5.74, 6) is -0.475. The number of hydrogen-bond donors (Lipinski definition) is 3. The lowest BCUT2D eigenvalue weighted by molar-refractivity contribution is -0.151. The molecule has 0 fully saturated rings. The van der Waals surface area contributed by atoms with Gasteiger partial charge in [-0.2, -0.15) is 0 Å². The summed E-state index contributed by atoms with van der Waals surface area (Å²) in [4.78, 5) is 25.9. The van der Waals surface area contributed by atoms with Crippen LogP contribution in [-0.2, 0) is 14.3 Å². The average Bonchev–Trinajstić information content (AvgIpc) is 3.13. The molecule has 1 amide bonds. The summed E-state index contributed by atoms with van der Waals surface area (Å²) in [6, 6.07) is -0.695. The van der Waals surface area contributed by atoms with E-state index in [1.807, 2.05) is 0 Å². The monoisotopic (exact) mass is 736 g/mol. The van der Waals surface area contributed by atoms with Gasteiger partial charge in [0.05, 0.1) is 25.2 Å². The Morgan fingerprint density at radius 3 is 1.38 bits per heavy atom. The highest BCUT2D eigenvalue weighted by atomic mass is 16.5. The summed E-state index contributed by atoms with van der Waals surface area (Å²) in [7, 11) is 0. The maximum Gasteiger partial charge on any atom is 0.306 e. The average molecular weight is 736 g/mol. The Morgan fingerprint density at radius 1 is 0.538 bits per heavy atom. The Bertz CT molecular complexity index is 787. The Morgan fingerprint density at radius 2 is 0.923 bits per heavy atom. The van der Waals surface area contributed by atoms with Gasteiger partial charge in [-0.15, -0.1) is 0 Å². The van der Waals surface area contributed by atoms with E-state index in [-0.39, 0.29) is 24.9 Å². The van der Waals surface area contributed by atoms with Gasteiger partial charge in [0.2, 0.25) is 5.91 Å². The van der Waals surface area contributed by atoms with E-state index in [1.54, 1.807) is 0 Å². The molecular formula is C46H89NO5. The quantitative estimate of drug-likeness (QED) is 0.0330. The van der Waals surface area contributed by atoms with Crippen LogP contribution in [0.5, 0.6) is 0 Å². The van der Waals surface area contributed by atoms with Crippen molar-refractivity contribution in [2.45, 2.75) is 264 Å². The number of aliphatic hydroxyl groups excluding tert-OH is 2. The molecule has 0 aliphatic rings. The van der Waals surface area contributed by atoms with Crippen LogP contribution >= 0.6 is 0 Å². The molecule has 6 nitrogen and oxygen atoms in total. The molecule has 0 heterocycles. The van der Waals surface area contributed by atoms with Gasteiger partial charge in [-0.25, -0.2) is 0 Å². The predicted octanol–water partition coefficient (Wildman–Crippen LogP) is 13.0. The minimum absolute atomic E-state index is 0.0776. The van der Waals surface area contributed by atoms with E-state index in [4.69, 9.17) is 4.74 Å². The zero-order valence-electron chi connectivity index (χ0n) is 35.0. The first kappa shape index (κ1) is 50.6. The van der Waals surface area contributed by atoms with Crippen molar-refractivity contribution in [1.29, 1.82) is 0 Å². The van der Waals surface area contributed by atoms with Crippen LogP contribution in [0.2, 0.25) is 0 Å². The lowest BCUT2D eigenvalue weighted by Gasteiger charge is -2.24. The highest BCUT2D eigenvalue weighted by Crippen LogP contribution is 2.17. The number of nitrogens with one attached hydrogen (secondary N) is 1. The van der Waals surface area contributed by atoms with Crippen LogP contribution in [-0.4, -0.2) is 46.9 Å². The second-order valence-corrected chi connectivity index (χ2v) is 15.8. The lowest BCUT2D eigenvalue weighted by Crippen LogP contribution is -2.46. The van der Waals surface area contributed by atoms with Gasteiger partial charge < -0.3 is 20.3 Å².